The maximum atomic E-state index is 13.1. The summed E-state index contributed by atoms with van der Waals surface area (Å²) >= 11 is 0. The minimum Gasteiger partial charge on any atom is -0.492 e. The van der Waals surface area contributed by atoms with Gasteiger partial charge in [0.25, 0.3) is 5.69 Å². The van der Waals surface area contributed by atoms with Crippen LogP contribution in [0.3, 0.4) is 0 Å². The van der Waals surface area contributed by atoms with Crippen molar-refractivity contribution in [3.63, 3.8) is 0 Å². The first-order valence-electron chi connectivity index (χ1n) is 7.01. The van der Waals surface area contributed by atoms with Crippen molar-refractivity contribution in [3.8, 4) is 5.75 Å². The summed E-state index contributed by atoms with van der Waals surface area (Å²) < 4.78 is 31.2. The van der Waals surface area contributed by atoms with E-state index in [1.54, 1.807) is 18.2 Å². The minimum atomic E-state index is -0.969. The smallest absolute Gasteiger partial charge is 0.273 e. The van der Waals surface area contributed by atoms with Gasteiger partial charge in [-0.15, -0.1) is 0 Å². The summed E-state index contributed by atoms with van der Waals surface area (Å²) in [5.41, 5.74) is 0.617. The van der Waals surface area contributed by atoms with Crippen molar-refractivity contribution >= 4 is 5.69 Å². The Kier molecular flexibility index (Phi) is 5.59. The van der Waals surface area contributed by atoms with Crippen molar-refractivity contribution in [1.29, 1.82) is 0 Å². The van der Waals surface area contributed by atoms with Gasteiger partial charge in [-0.05, 0) is 19.1 Å². The van der Waals surface area contributed by atoms with Crippen LogP contribution in [0.2, 0.25) is 0 Å². The molecule has 0 bridgehead atoms. The number of ether oxygens (including phenoxy) is 1. The molecule has 23 heavy (non-hydrogen) atoms. The van der Waals surface area contributed by atoms with Crippen LogP contribution < -0.4 is 10.1 Å². The highest BCUT2D eigenvalue weighted by Crippen LogP contribution is 2.18. The van der Waals surface area contributed by atoms with Gasteiger partial charge in [0.05, 0.1) is 4.92 Å². The van der Waals surface area contributed by atoms with Gasteiger partial charge in [0.15, 0.2) is 11.6 Å². The van der Waals surface area contributed by atoms with Crippen LogP contribution in [-0.4, -0.2) is 17.6 Å². The van der Waals surface area contributed by atoms with Crippen LogP contribution in [0, 0.1) is 21.7 Å². The third kappa shape index (κ3) is 4.72. The number of benzene rings is 2. The van der Waals surface area contributed by atoms with E-state index in [0.29, 0.717) is 12.1 Å². The molecule has 7 heteroatoms. The molecular formula is C16H16F2N2O3. The van der Waals surface area contributed by atoms with Crippen LogP contribution in [0.25, 0.3) is 0 Å². The number of nitrogens with one attached hydrogen (secondary N) is 1. The van der Waals surface area contributed by atoms with Gasteiger partial charge < -0.3 is 10.1 Å². The van der Waals surface area contributed by atoms with Crippen molar-refractivity contribution in [1.82, 2.24) is 5.32 Å². The van der Waals surface area contributed by atoms with Crippen LogP contribution in [0.15, 0.2) is 42.5 Å². The molecule has 1 atom stereocenters. The number of hydrogen-bond acceptors (Lipinski definition) is 4. The molecule has 0 aliphatic heterocycles. The van der Waals surface area contributed by atoms with Gasteiger partial charge in [-0.25, -0.2) is 8.78 Å². The molecular weight excluding hydrogens is 306 g/mol. The van der Waals surface area contributed by atoms with Gasteiger partial charge in [0.1, 0.15) is 12.4 Å². The Bertz CT molecular complexity index is 695. The van der Waals surface area contributed by atoms with E-state index in [-0.39, 0.29) is 24.1 Å². The van der Waals surface area contributed by atoms with Gasteiger partial charge in [-0.3, -0.25) is 10.1 Å². The normalized spacial score (nSPS) is 12.0. The molecule has 0 radical (unpaired) electrons. The molecule has 0 saturated carbocycles. The van der Waals surface area contributed by atoms with Gasteiger partial charge in [0, 0.05) is 30.3 Å². The summed E-state index contributed by atoms with van der Waals surface area (Å²) in [4.78, 5) is 10.5. The monoisotopic (exact) mass is 322 g/mol. The number of hydrogen-bond donors (Lipinski definition) is 1. The molecule has 0 heterocycles. The fraction of sp³-hybridized carbons (Fsp3) is 0.250. The summed E-state index contributed by atoms with van der Waals surface area (Å²) in [6.45, 7) is 2.35. The van der Waals surface area contributed by atoms with E-state index in [0.717, 1.165) is 12.1 Å². The van der Waals surface area contributed by atoms with Crippen molar-refractivity contribution in [2.24, 2.45) is 0 Å². The standard InChI is InChI=1S/C16H16F2N2O3/c1-11(10-23-13-6-7-14(17)15(18)8-13)19-9-12-4-2-3-5-16(12)20(21)22/h2-8,11,19H,9-10H2,1H3/t11-/m1/s1. The van der Waals surface area contributed by atoms with Crippen LogP contribution >= 0.6 is 0 Å². The van der Waals surface area contributed by atoms with E-state index in [9.17, 15) is 18.9 Å². The van der Waals surface area contributed by atoms with Crippen molar-refractivity contribution in [3.05, 3.63) is 69.8 Å². The van der Waals surface area contributed by atoms with E-state index in [1.165, 1.54) is 12.1 Å². The summed E-state index contributed by atoms with van der Waals surface area (Å²) in [7, 11) is 0. The van der Waals surface area contributed by atoms with Crippen LogP contribution in [0.5, 0.6) is 5.75 Å². The van der Waals surface area contributed by atoms with Gasteiger partial charge >= 0.3 is 0 Å². The van der Waals surface area contributed by atoms with Crippen LogP contribution in [0.1, 0.15) is 12.5 Å². The lowest BCUT2D eigenvalue weighted by Crippen LogP contribution is -2.31. The van der Waals surface area contributed by atoms with Crippen LogP contribution in [0.4, 0.5) is 14.5 Å². The molecule has 0 aliphatic carbocycles. The van der Waals surface area contributed by atoms with E-state index in [1.807, 2.05) is 6.92 Å². The van der Waals surface area contributed by atoms with Gasteiger partial charge in [-0.2, -0.15) is 0 Å². The number of nitro benzene ring substituents is 1. The SMILES string of the molecule is C[C@H](COc1ccc(F)c(F)c1)NCc1ccccc1[N+](=O)[O-]. The Morgan fingerprint density at radius 2 is 1.96 bits per heavy atom. The summed E-state index contributed by atoms with van der Waals surface area (Å²) in [5.74, 6) is -1.67. The molecule has 0 spiro atoms. The first-order valence-corrected chi connectivity index (χ1v) is 7.01. The second kappa shape index (κ2) is 7.64. The molecule has 0 aliphatic rings. The highest BCUT2D eigenvalue weighted by Gasteiger charge is 2.13. The second-order valence-corrected chi connectivity index (χ2v) is 5.05. The molecule has 122 valence electrons. The zero-order valence-corrected chi connectivity index (χ0v) is 12.5. The maximum Gasteiger partial charge on any atom is 0.273 e. The first-order chi connectivity index (χ1) is 11.0. The van der Waals surface area contributed by atoms with Crippen LogP contribution in [-0.2, 0) is 6.54 Å². The van der Waals surface area contributed by atoms with E-state index in [2.05, 4.69) is 5.32 Å². The number of nitro groups is 1. The fourth-order valence-corrected chi connectivity index (χ4v) is 1.97. The Hall–Kier alpha value is -2.54. The minimum absolute atomic E-state index is 0.0497. The fourth-order valence-electron chi connectivity index (χ4n) is 1.97. The Morgan fingerprint density at radius 1 is 1.22 bits per heavy atom. The average Bonchev–Trinajstić information content (AvgIpc) is 2.54. The summed E-state index contributed by atoms with van der Waals surface area (Å²) in [6.07, 6.45) is 0. The topological polar surface area (TPSA) is 64.4 Å². The molecule has 0 saturated heterocycles. The van der Waals surface area contributed by atoms with Crippen molar-refractivity contribution in [2.75, 3.05) is 6.61 Å². The zero-order chi connectivity index (χ0) is 16.8. The largest absolute Gasteiger partial charge is 0.492 e. The number of para-hydroxylation sites is 1. The third-order valence-electron chi connectivity index (χ3n) is 3.22. The number of halogens is 2. The molecule has 2 rings (SSSR count). The molecule has 0 amide bonds. The van der Waals surface area contributed by atoms with E-state index >= 15 is 0 Å². The molecule has 1 N–H and O–H groups in total. The molecule has 0 fully saturated rings. The average molecular weight is 322 g/mol. The third-order valence-corrected chi connectivity index (χ3v) is 3.22. The van der Waals surface area contributed by atoms with E-state index < -0.39 is 16.6 Å². The van der Waals surface area contributed by atoms with Gasteiger partial charge in [0.2, 0.25) is 0 Å². The quantitative estimate of drug-likeness (QED) is 0.626. The molecule has 2 aromatic rings. The van der Waals surface area contributed by atoms with E-state index in [4.69, 9.17) is 4.74 Å². The number of rotatable bonds is 7. The lowest BCUT2D eigenvalue weighted by Gasteiger charge is -2.15. The Balaban J connectivity index is 1.87. The van der Waals surface area contributed by atoms with Crippen molar-refractivity contribution in [2.45, 2.75) is 19.5 Å². The summed E-state index contributed by atoms with van der Waals surface area (Å²) in [5, 5.41) is 14.0. The first kappa shape index (κ1) is 16.8. The molecule has 5 nitrogen and oxygen atoms in total. The predicted molar refractivity (Wildman–Crippen MR) is 81.3 cm³/mol. The van der Waals surface area contributed by atoms with Crippen molar-refractivity contribution < 1.29 is 18.4 Å². The lowest BCUT2D eigenvalue weighted by molar-refractivity contribution is -0.385. The second-order valence-electron chi connectivity index (χ2n) is 5.05. The van der Waals surface area contributed by atoms with Gasteiger partial charge in [-0.1, -0.05) is 18.2 Å². The Labute approximate surface area is 132 Å². The highest BCUT2D eigenvalue weighted by atomic mass is 19.2. The molecule has 2 aromatic carbocycles. The zero-order valence-electron chi connectivity index (χ0n) is 12.5. The maximum absolute atomic E-state index is 13.1. The Morgan fingerprint density at radius 3 is 2.65 bits per heavy atom. The lowest BCUT2D eigenvalue weighted by atomic mass is 10.1. The predicted octanol–water partition coefficient (Wildman–Crippen LogP) is 3.43. The molecule has 0 unspecified atom stereocenters. The number of nitrogens with zero attached hydrogens (tertiary/aromatic N) is 1. The highest BCUT2D eigenvalue weighted by molar-refractivity contribution is 5.39. The summed E-state index contributed by atoms with van der Waals surface area (Å²) in [6, 6.07) is 9.63. The molecule has 0 aromatic heterocycles.